The fraction of sp³-hybridized carbons (Fsp3) is 0.320. The van der Waals surface area contributed by atoms with E-state index in [4.69, 9.17) is 4.74 Å². The van der Waals surface area contributed by atoms with Crippen LogP contribution in [0.4, 0.5) is 0 Å². The highest BCUT2D eigenvalue weighted by Gasteiger charge is 2.11. The van der Waals surface area contributed by atoms with E-state index >= 15 is 0 Å². The first-order valence-corrected chi connectivity index (χ1v) is 11.7. The van der Waals surface area contributed by atoms with Crippen molar-refractivity contribution in [3.8, 4) is 17.0 Å². The maximum atomic E-state index is 12.3. The van der Waals surface area contributed by atoms with Gasteiger partial charge in [-0.2, -0.15) is 0 Å². The number of thiazole rings is 1. The second-order valence-corrected chi connectivity index (χ2v) is 8.40. The van der Waals surface area contributed by atoms with E-state index in [1.807, 2.05) is 19.9 Å². The molecule has 0 bridgehead atoms. The Morgan fingerprint density at radius 2 is 1.81 bits per heavy atom. The minimum Gasteiger partial charge on any atom is -0.493 e. The van der Waals surface area contributed by atoms with Crippen molar-refractivity contribution in [2.24, 2.45) is 0 Å². The summed E-state index contributed by atoms with van der Waals surface area (Å²) in [7, 11) is 0. The van der Waals surface area contributed by atoms with Crippen molar-refractivity contribution >= 4 is 23.2 Å². The smallest absolute Gasteiger partial charge is 0.255 e. The third-order valence-corrected chi connectivity index (χ3v) is 5.68. The molecule has 0 aliphatic rings. The van der Waals surface area contributed by atoms with Gasteiger partial charge in [0.1, 0.15) is 5.75 Å². The van der Waals surface area contributed by atoms with Crippen LogP contribution in [-0.2, 0) is 11.2 Å². The second-order valence-electron chi connectivity index (χ2n) is 7.34. The molecule has 7 heteroatoms. The number of hydrogen-bond donors (Lipinski definition) is 2. The van der Waals surface area contributed by atoms with Crippen molar-refractivity contribution in [2.45, 2.75) is 33.1 Å². The van der Waals surface area contributed by atoms with Crippen LogP contribution < -0.4 is 15.4 Å². The maximum Gasteiger partial charge on any atom is 0.255 e. The number of nitrogens with zero attached hydrogens (tertiary/aromatic N) is 1. The third kappa shape index (κ3) is 6.92. The maximum absolute atomic E-state index is 12.3. The minimum absolute atomic E-state index is 0.0106. The molecule has 6 nitrogen and oxygen atoms in total. The molecule has 0 spiro atoms. The zero-order valence-electron chi connectivity index (χ0n) is 18.5. The first kappa shape index (κ1) is 23.5. The topological polar surface area (TPSA) is 80.3 Å². The van der Waals surface area contributed by atoms with E-state index < -0.39 is 0 Å². The first-order valence-electron chi connectivity index (χ1n) is 10.8. The molecule has 0 aliphatic carbocycles. The molecule has 0 saturated carbocycles. The van der Waals surface area contributed by atoms with Crippen LogP contribution in [0, 0.1) is 6.92 Å². The summed E-state index contributed by atoms with van der Waals surface area (Å²) in [5.74, 6) is 0.370. The fourth-order valence-electron chi connectivity index (χ4n) is 3.25. The molecular weight excluding hydrogens is 422 g/mol. The van der Waals surface area contributed by atoms with E-state index in [-0.39, 0.29) is 11.8 Å². The van der Waals surface area contributed by atoms with E-state index in [0.29, 0.717) is 43.9 Å². The van der Waals surface area contributed by atoms with Crippen molar-refractivity contribution in [2.75, 3.05) is 19.7 Å². The molecule has 0 radical (unpaired) electrons. The number of hydrogen-bond acceptors (Lipinski definition) is 5. The number of ether oxygens (including phenoxy) is 1. The molecule has 0 atom stereocenters. The quantitative estimate of drug-likeness (QED) is 0.424. The van der Waals surface area contributed by atoms with Gasteiger partial charge in [-0.3, -0.25) is 9.59 Å². The zero-order chi connectivity index (χ0) is 22.8. The SMILES string of the molecule is CCOc1ccccc1C(=O)NCCCC(=O)NCCc1ccc(-c2csc(C)n2)cc1. The molecule has 0 saturated heterocycles. The standard InChI is InChI=1S/C25H29N3O3S/c1-3-31-23-8-5-4-7-21(23)25(30)27-15-6-9-24(29)26-16-14-19-10-12-20(13-11-19)22-17-32-18(2)28-22/h4-5,7-8,10-13,17H,3,6,9,14-16H2,1-2H3,(H,26,29)(H,27,30). The lowest BCUT2D eigenvalue weighted by atomic mass is 10.1. The summed E-state index contributed by atoms with van der Waals surface area (Å²) in [6.07, 6.45) is 1.72. The third-order valence-electron chi connectivity index (χ3n) is 4.90. The first-order chi connectivity index (χ1) is 15.6. The van der Waals surface area contributed by atoms with Crippen LogP contribution in [0.5, 0.6) is 5.75 Å². The van der Waals surface area contributed by atoms with Crippen LogP contribution >= 0.6 is 11.3 Å². The molecular formula is C25H29N3O3S. The Morgan fingerprint density at radius 3 is 2.53 bits per heavy atom. The lowest BCUT2D eigenvalue weighted by Crippen LogP contribution is -2.28. The lowest BCUT2D eigenvalue weighted by Gasteiger charge is -2.10. The summed E-state index contributed by atoms with van der Waals surface area (Å²) in [5.41, 5.74) is 3.78. The van der Waals surface area contributed by atoms with Gasteiger partial charge in [-0.25, -0.2) is 4.98 Å². The van der Waals surface area contributed by atoms with Gasteiger partial charge in [0.2, 0.25) is 5.91 Å². The molecule has 0 aliphatic heterocycles. The predicted octanol–water partition coefficient (Wildman–Crippen LogP) is 4.39. The van der Waals surface area contributed by atoms with Crippen LogP contribution in [0.15, 0.2) is 53.9 Å². The van der Waals surface area contributed by atoms with Crippen LogP contribution in [0.2, 0.25) is 0 Å². The Hall–Kier alpha value is -3.19. The van der Waals surface area contributed by atoms with E-state index in [2.05, 4.69) is 45.3 Å². The number of rotatable bonds is 11. The average Bonchev–Trinajstić information content (AvgIpc) is 3.24. The number of aromatic nitrogens is 1. The number of nitrogens with one attached hydrogen (secondary N) is 2. The Kier molecular flexibility index (Phi) is 8.80. The van der Waals surface area contributed by atoms with Crippen molar-refractivity contribution < 1.29 is 14.3 Å². The summed E-state index contributed by atoms with van der Waals surface area (Å²) < 4.78 is 5.49. The summed E-state index contributed by atoms with van der Waals surface area (Å²) in [5, 5.41) is 8.91. The Labute approximate surface area is 193 Å². The van der Waals surface area contributed by atoms with Gasteiger partial charge in [0.05, 0.1) is 22.9 Å². The van der Waals surface area contributed by atoms with Gasteiger partial charge in [0.25, 0.3) is 5.91 Å². The van der Waals surface area contributed by atoms with Crippen molar-refractivity contribution in [3.05, 3.63) is 70.0 Å². The van der Waals surface area contributed by atoms with E-state index in [0.717, 1.165) is 22.7 Å². The monoisotopic (exact) mass is 451 g/mol. The zero-order valence-corrected chi connectivity index (χ0v) is 19.3. The van der Waals surface area contributed by atoms with Crippen LogP contribution in [-0.4, -0.2) is 36.5 Å². The molecule has 168 valence electrons. The Balaban J connectivity index is 1.33. The number of para-hydroxylation sites is 1. The normalized spacial score (nSPS) is 10.6. The number of amides is 2. The lowest BCUT2D eigenvalue weighted by molar-refractivity contribution is -0.121. The molecule has 2 aromatic carbocycles. The number of carbonyl (C=O) groups is 2. The molecule has 2 N–H and O–H groups in total. The van der Waals surface area contributed by atoms with Crippen molar-refractivity contribution in [3.63, 3.8) is 0 Å². The van der Waals surface area contributed by atoms with Gasteiger partial charge in [0, 0.05) is 30.5 Å². The van der Waals surface area contributed by atoms with Crippen LogP contribution in [0.3, 0.4) is 0 Å². The molecule has 1 heterocycles. The highest BCUT2D eigenvalue weighted by molar-refractivity contribution is 7.09. The van der Waals surface area contributed by atoms with Gasteiger partial charge < -0.3 is 15.4 Å². The molecule has 3 aromatic rings. The largest absolute Gasteiger partial charge is 0.493 e. The summed E-state index contributed by atoms with van der Waals surface area (Å²) in [6, 6.07) is 15.4. The molecule has 1 aromatic heterocycles. The van der Waals surface area contributed by atoms with Gasteiger partial charge in [0.15, 0.2) is 0 Å². The molecule has 2 amide bonds. The Morgan fingerprint density at radius 1 is 1.03 bits per heavy atom. The Bertz CT molecular complexity index is 1030. The summed E-state index contributed by atoms with van der Waals surface area (Å²) >= 11 is 1.64. The van der Waals surface area contributed by atoms with Gasteiger partial charge in [-0.1, -0.05) is 36.4 Å². The van der Waals surface area contributed by atoms with E-state index in [1.165, 1.54) is 5.56 Å². The molecule has 0 fully saturated rings. The molecule has 0 unspecified atom stereocenters. The van der Waals surface area contributed by atoms with Crippen LogP contribution in [0.1, 0.15) is 40.7 Å². The number of carbonyl (C=O) groups excluding carboxylic acids is 2. The van der Waals surface area contributed by atoms with Gasteiger partial charge in [-0.05, 0) is 44.4 Å². The number of benzene rings is 2. The molecule has 3 rings (SSSR count). The minimum atomic E-state index is -0.189. The molecule has 32 heavy (non-hydrogen) atoms. The van der Waals surface area contributed by atoms with E-state index in [1.54, 1.807) is 29.5 Å². The van der Waals surface area contributed by atoms with Crippen molar-refractivity contribution in [1.29, 1.82) is 0 Å². The average molecular weight is 452 g/mol. The van der Waals surface area contributed by atoms with E-state index in [9.17, 15) is 9.59 Å². The summed E-state index contributed by atoms with van der Waals surface area (Å²) in [4.78, 5) is 28.9. The second kappa shape index (κ2) is 12.0. The van der Waals surface area contributed by atoms with Gasteiger partial charge in [-0.15, -0.1) is 11.3 Å². The highest BCUT2D eigenvalue weighted by Crippen LogP contribution is 2.22. The number of aryl methyl sites for hydroxylation is 1. The highest BCUT2D eigenvalue weighted by atomic mass is 32.1. The van der Waals surface area contributed by atoms with Crippen molar-refractivity contribution in [1.82, 2.24) is 15.6 Å². The summed E-state index contributed by atoms with van der Waals surface area (Å²) in [6.45, 7) is 5.40. The predicted molar refractivity (Wildman–Crippen MR) is 128 cm³/mol. The van der Waals surface area contributed by atoms with Crippen LogP contribution in [0.25, 0.3) is 11.3 Å². The fourth-order valence-corrected chi connectivity index (χ4v) is 3.88. The van der Waals surface area contributed by atoms with Gasteiger partial charge >= 0.3 is 0 Å².